The summed E-state index contributed by atoms with van der Waals surface area (Å²) in [5, 5.41) is 24.1. The number of nitrogens with one attached hydrogen (secondary N) is 2. The van der Waals surface area contributed by atoms with Crippen LogP contribution in [-0.2, 0) is 0 Å². The summed E-state index contributed by atoms with van der Waals surface area (Å²) in [5.41, 5.74) is 1.11. The lowest BCUT2D eigenvalue weighted by Gasteiger charge is -2.35. The lowest BCUT2D eigenvalue weighted by atomic mass is 10.1. The Labute approximate surface area is 190 Å². The van der Waals surface area contributed by atoms with Crippen molar-refractivity contribution in [3.05, 3.63) is 36.2 Å². The third-order valence-corrected chi connectivity index (χ3v) is 5.94. The minimum Gasteiger partial charge on any atom is -0.491 e. The smallest absolute Gasteiger partial charge is 0.329 e. The summed E-state index contributed by atoms with van der Waals surface area (Å²) >= 11 is 0. The van der Waals surface area contributed by atoms with E-state index in [0.29, 0.717) is 18.1 Å². The van der Waals surface area contributed by atoms with Crippen LogP contribution in [0.25, 0.3) is 0 Å². The van der Waals surface area contributed by atoms with Gasteiger partial charge in [-0.15, -0.1) is 0 Å². The van der Waals surface area contributed by atoms with Gasteiger partial charge >= 0.3 is 6.03 Å². The van der Waals surface area contributed by atoms with Gasteiger partial charge in [-0.25, -0.2) is 14.8 Å². The van der Waals surface area contributed by atoms with E-state index in [1.54, 1.807) is 23.1 Å². The molecule has 2 bridgehead atoms. The number of rotatable bonds is 7. The van der Waals surface area contributed by atoms with Crippen LogP contribution in [0.1, 0.15) is 29.8 Å². The van der Waals surface area contributed by atoms with Gasteiger partial charge in [0.05, 0.1) is 18.3 Å². The highest BCUT2D eigenvalue weighted by molar-refractivity contribution is 6.05. The van der Waals surface area contributed by atoms with Crippen LogP contribution in [0, 0.1) is 0 Å². The number of ether oxygens (including phenoxy) is 1. The molecule has 5 rings (SSSR count). The van der Waals surface area contributed by atoms with Crippen molar-refractivity contribution < 1.29 is 24.5 Å². The van der Waals surface area contributed by atoms with Gasteiger partial charge in [0.2, 0.25) is 0 Å². The maximum Gasteiger partial charge on any atom is 0.329 e. The Morgan fingerprint density at radius 3 is 2.88 bits per heavy atom. The number of hydrogen-bond acceptors (Lipinski definition) is 8. The van der Waals surface area contributed by atoms with Gasteiger partial charge in [0, 0.05) is 31.4 Å². The van der Waals surface area contributed by atoms with Crippen molar-refractivity contribution in [1.29, 1.82) is 0 Å². The average Bonchev–Trinajstić information content (AvgIpc) is 3.55. The molecule has 1 saturated carbocycles. The number of aromatic nitrogens is 2. The van der Waals surface area contributed by atoms with Crippen molar-refractivity contribution in [3.8, 4) is 5.75 Å². The van der Waals surface area contributed by atoms with Gasteiger partial charge in [-0.2, -0.15) is 0 Å². The molecule has 33 heavy (non-hydrogen) atoms. The second-order valence-corrected chi connectivity index (χ2v) is 8.50. The molecule has 2 fully saturated rings. The molecule has 3 amide bonds. The Kier molecular flexibility index (Phi) is 5.73. The van der Waals surface area contributed by atoms with Gasteiger partial charge < -0.3 is 25.2 Å². The Morgan fingerprint density at radius 2 is 2.09 bits per heavy atom. The fourth-order valence-corrected chi connectivity index (χ4v) is 4.07. The molecule has 0 radical (unpaired) electrons. The molecule has 3 aliphatic rings. The number of hydrogen-bond donors (Lipinski definition) is 4. The highest BCUT2D eigenvalue weighted by Gasteiger charge is 2.40. The van der Waals surface area contributed by atoms with Crippen molar-refractivity contribution in [1.82, 2.24) is 15.3 Å². The number of fused-ring (bicyclic) bond motifs is 4. The maximum atomic E-state index is 13.3. The number of pyridine rings is 2. The minimum absolute atomic E-state index is 0.0640. The maximum absolute atomic E-state index is 13.3. The zero-order valence-corrected chi connectivity index (χ0v) is 18.0. The van der Waals surface area contributed by atoms with E-state index < -0.39 is 18.7 Å². The third kappa shape index (κ3) is 4.55. The standard InChI is InChI=1S/C22H26N6O5/c29-11-15(30)12-33-16-5-7-23-19(9-16)26-22(32)28-14-6-8-27(10-14)18-4-3-17(25-20(18)28)21(31)24-13-1-2-13/h3-5,7,9,13-15,29-30H,1-2,6,8,10-12H2,(H,24,31)(H,23,26,32)/t14?,15-/m0/s1. The molecule has 0 aromatic carbocycles. The summed E-state index contributed by atoms with van der Waals surface area (Å²) in [4.78, 5) is 38.4. The number of amides is 3. The molecule has 2 atom stereocenters. The Balaban J connectivity index is 1.36. The Hall–Kier alpha value is -3.44. The molecule has 2 aliphatic heterocycles. The molecular formula is C22H26N6O5. The second kappa shape index (κ2) is 8.83. The van der Waals surface area contributed by atoms with Gasteiger partial charge in [-0.3, -0.25) is 15.0 Å². The van der Waals surface area contributed by atoms with Crippen LogP contribution < -0.4 is 25.2 Å². The number of carbonyl (C=O) groups is 2. The van der Waals surface area contributed by atoms with Crippen LogP contribution in [-0.4, -0.2) is 76.6 Å². The second-order valence-electron chi connectivity index (χ2n) is 8.50. The fraction of sp³-hybridized carbons (Fsp3) is 0.455. The van der Waals surface area contributed by atoms with Crippen molar-refractivity contribution >= 4 is 29.3 Å². The summed E-state index contributed by atoms with van der Waals surface area (Å²) in [6, 6.07) is 6.45. The van der Waals surface area contributed by atoms with Crippen molar-refractivity contribution in [2.24, 2.45) is 0 Å². The number of carbonyl (C=O) groups excluding carboxylic acids is 2. The number of nitrogens with zero attached hydrogens (tertiary/aromatic N) is 4. The first-order chi connectivity index (χ1) is 16.0. The minimum atomic E-state index is -0.997. The van der Waals surface area contributed by atoms with Crippen LogP contribution >= 0.6 is 0 Å². The molecule has 2 aromatic rings. The van der Waals surface area contributed by atoms with Gasteiger partial charge in [-0.1, -0.05) is 0 Å². The molecule has 2 aromatic heterocycles. The average molecular weight is 454 g/mol. The van der Waals surface area contributed by atoms with E-state index in [2.05, 4.69) is 25.5 Å². The Bertz CT molecular complexity index is 1060. The molecule has 1 saturated heterocycles. The predicted octanol–water partition coefficient (Wildman–Crippen LogP) is 0.732. The van der Waals surface area contributed by atoms with Crippen LogP contribution in [0.15, 0.2) is 30.5 Å². The number of anilines is 3. The van der Waals surface area contributed by atoms with E-state index in [9.17, 15) is 14.7 Å². The van der Waals surface area contributed by atoms with Crippen molar-refractivity contribution in [3.63, 3.8) is 0 Å². The van der Waals surface area contributed by atoms with E-state index in [-0.39, 0.29) is 36.1 Å². The third-order valence-electron chi connectivity index (χ3n) is 5.94. The van der Waals surface area contributed by atoms with Gasteiger partial charge in [0.1, 0.15) is 30.0 Å². The highest BCUT2D eigenvalue weighted by Crippen LogP contribution is 2.39. The summed E-state index contributed by atoms with van der Waals surface area (Å²) < 4.78 is 5.43. The zero-order valence-electron chi connectivity index (χ0n) is 18.0. The van der Waals surface area contributed by atoms with Crippen LogP contribution in [0.4, 0.5) is 22.1 Å². The summed E-state index contributed by atoms with van der Waals surface area (Å²) in [6.07, 6.45) is 3.24. The molecule has 11 nitrogen and oxygen atoms in total. The topological polar surface area (TPSA) is 140 Å². The number of aliphatic hydroxyl groups is 2. The highest BCUT2D eigenvalue weighted by atomic mass is 16.5. The Morgan fingerprint density at radius 1 is 1.24 bits per heavy atom. The molecule has 11 heteroatoms. The lowest BCUT2D eigenvalue weighted by molar-refractivity contribution is 0.0536. The molecule has 1 unspecified atom stereocenters. The number of aliphatic hydroxyl groups excluding tert-OH is 2. The SMILES string of the molecule is O=C(NC1CC1)c1ccc2c(n1)N(C(=O)Nc1cc(OC[C@@H](O)CO)ccn1)C1CCN2C1. The predicted molar refractivity (Wildman–Crippen MR) is 120 cm³/mol. The molecule has 1 aliphatic carbocycles. The molecular weight excluding hydrogens is 428 g/mol. The first kappa shape index (κ1) is 21.4. The monoisotopic (exact) mass is 454 g/mol. The number of urea groups is 1. The molecule has 4 heterocycles. The summed E-state index contributed by atoms with van der Waals surface area (Å²) in [7, 11) is 0. The van der Waals surface area contributed by atoms with Crippen molar-refractivity contribution in [2.45, 2.75) is 37.5 Å². The van der Waals surface area contributed by atoms with Gasteiger partial charge in [-0.05, 0) is 37.5 Å². The zero-order chi connectivity index (χ0) is 22.9. The first-order valence-electron chi connectivity index (χ1n) is 11.1. The van der Waals surface area contributed by atoms with Gasteiger partial charge in [0.25, 0.3) is 5.91 Å². The van der Waals surface area contributed by atoms with E-state index in [1.807, 2.05) is 6.07 Å². The quantitative estimate of drug-likeness (QED) is 0.480. The van der Waals surface area contributed by atoms with E-state index in [0.717, 1.165) is 31.5 Å². The van der Waals surface area contributed by atoms with E-state index in [1.165, 1.54) is 6.20 Å². The fourth-order valence-electron chi connectivity index (χ4n) is 4.07. The van der Waals surface area contributed by atoms with Crippen LogP contribution in [0.3, 0.4) is 0 Å². The van der Waals surface area contributed by atoms with Crippen molar-refractivity contribution in [2.75, 3.05) is 41.4 Å². The van der Waals surface area contributed by atoms with E-state index >= 15 is 0 Å². The molecule has 4 N–H and O–H groups in total. The normalized spacial score (nSPS) is 19.6. The first-order valence-corrected chi connectivity index (χ1v) is 11.1. The van der Waals surface area contributed by atoms with Crippen LogP contribution in [0.2, 0.25) is 0 Å². The summed E-state index contributed by atoms with van der Waals surface area (Å²) in [6.45, 7) is 1.02. The molecule has 0 spiro atoms. The van der Waals surface area contributed by atoms with E-state index in [4.69, 9.17) is 9.84 Å². The summed E-state index contributed by atoms with van der Waals surface area (Å²) in [5.74, 6) is 0.907. The van der Waals surface area contributed by atoms with Crippen LogP contribution in [0.5, 0.6) is 5.75 Å². The largest absolute Gasteiger partial charge is 0.491 e. The molecule has 174 valence electrons. The van der Waals surface area contributed by atoms with Gasteiger partial charge in [0.15, 0.2) is 5.82 Å². The lowest BCUT2D eigenvalue weighted by Crippen LogP contribution is -2.48.